The van der Waals surface area contributed by atoms with Crippen molar-refractivity contribution in [3.63, 3.8) is 0 Å². The molecule has 0 aliphatic rings. The number of rotatable bonds is 7. The minimum absolute atomic E-state index is 0.236. The van der Waals surface area contributed by atoms with Gasteiger partial charge in [-0.2, -0.15) is 0 Å². The first-order chi connectivity index (χ1) is 10.6. The number of benzene rings is 2. The van der Waals surface area contributed by atoms with Gasteiger partial charge in [-0.3, -0.25) is 0 Å². The van der Waals surface area contributed by atoms with Crippen molar-refractivity contribution in [1.29, 1.82) is 0 Å². The minimum atomic E-state index is -3.47. The highest BCUT2D eigenvalue weighted by atomic mass is 32.2. The fourth-order valence-corrected chi connectivity index (χ4v) is 2.95. The lowest BCUT2D eigenvalue weighted by Gasteiger charge is -2.06. The van der Waals surface area contributed by atoms with E-state index in [1.54, 1.807) is 19.2 Å². The predicted molar refractivity (Wildman–Crippen MR) is 88.3 cm³/mol. The van der Waals surface area contributed by atoms with Crippen LogP contribution in [0.15, 0.2) is 65.6 Å². The second kappa shape index (κ2) is 7.77. The van der Waals surface area contributed by atoms with Crippen molar-refractivity contribution in [2.45, 2.75) is 11.3 Å². The molecule has 116 valence electrons. The molecular weight excluding hydrogens is 298 g/mol. The zero-order valence-corrected chi connectivity index (χ0v) is 13.2. The summed E-state index contributed by atoms with van der Waals surface area (Å²) in [6, 6.07) is 16.2. The van der Waals surface area contributed by atoms with Crippen LogP contribution in [-0.2, 0) is 10.0 Å². The Morgan fingerprint density at radius 3 is 2.36 bits per heavy atom. The normalized spacial score (nSPS) is 11.7. The standard InChI is InChI=1S/C17H19NO3S/c1-21-16-10-12-17(13-11-16)22(19,20)18-14-6-5-9-15-7-3-2-4-8-15/h2-5,7-13,18H,6,14H2,1H3/b9-5+. The highest BCUT2D eigenvalue weighted by Gasteiger charge is 2.12. The quantitative estimate of drug-likeness (QED) is 0.799. The van der Waals surface area contributed by atoms with Crippen molar-refractivity contribution < 1.29 is 13.2 Å². The molecule has 2 aromatic rings. The molecule has 0 amide bonds. The minimum Gasteiger partial charge on any atom is -0.497 e. The van der Waals surface area contributed by atoms with E-state index in [1.165, 1.54) is 12.1 Å². The Bertz CT molecular complexity index is 707. The SMILES string of the molecule is COc1ccc(S(=O)(=O)NCC/C=C/c2ccccc2)cc1. The van der Waals surface area contributed by atoms with E-state index in [-0.39, 0.29) is 4.90 Å². The average Bonchev–Trinajstić information content (AvgIpc) is 2.55. The van der Waals surface area contributed by atoms with E-state index >= 15 is 0 Å². The molecule has 0 bridgehead atoms. The largest absolute Gasteiger partial charge is 0.497 e. The third-order valence-electron chi connectivity index (χ3n) is 3.08. The zero-order valence-electron chi connectivity index (χ0n) is 12.4. The molecule has 22 heavy (non-hydrogen) atoms. The van der Waals surface area contributed by atoms with Gasteiger partial charge in [0, 0.05) is 6.54 Å². The van der Waals surface area contributed by atoms with Crippen LogP contribution in [-0.4, -0.2) is 22.1 Å². The Hall–Kier alpha value is -2.11. The van der Waals surface area contributed by atoms with Crippen LogP contribution in [0.1, 0.15) is 12.0 Å². The second-order valence-electron chi connectivity index (χ2n) is 4.68. The van der Waals surface area contributed by atoms with Crippen molar-refractivity contribution >= 4 is 16.1 Å². The summed E-state index contributed by atoms with van der Waals surface area (Å²) >= 11 is 0. The molecule has 4 nitrogen and oxygen atoms in total. The molecule has 5 heteroatoms. The molecule has 2 rings (SSSR count). The molecule has 0 saturated heterocycles. The summed E-state index contributed by atoms with van der Waals surface area (Å²) in [6.07, 6.45) is 4.55. The molecule has 1 N–H and O–H groups in total. The van der Waals surface area contributed by atoms with Gasteiger partial charge in [0.05, 0.1) is 12.0 Å². The lowest BCUT2D eigenvalue weighted by molar-refractivity contribution is 0.414. The first kappa shape index (κ1) is 16.3. The third-order valence-corrected chi connectivity index (χ3v) is 4.56. The fraction of sp³-hybridized carbons (Fsp3) is 0.176. The van der Waals surface area contributed by atoms with Crippen LogP contribution in [0.4, 0.5) is 0 Å². The van der Waals surface area contributed by atoms with Crippen LogP contribution < -0.4 is 9.46 Å². The van der Waals surface area contributed by atoms with Gasteiger partial charge >= 0.3 is 0 Å². The Kier molecular flexibility index (Phi) is 5.75. The van der Waals surface area contributed by atoms with E-state index in [2.05, 4.69) is 4.72 Å². The average molecular weight is 317 g/mol. The smallest absolute Gasteiger partial charge is 0.240 e. The summed E-state index contributed by atoms with van der Waals surface area (Å²) in [7, 11) is -1.93. The molecule has 0 fully saturated rings. The molecule has 0 saturated carbocycles. The molecule has 0 aliphatic heterocycles. The van der Waals surface area contributed by atoms with Gasteiger partial charge in [-0.15, -0.1) is 0 Å². The van der Waals surface area contributed by atoms with E-state index in [9.17, 15) is 8.42 Å². The van der Waals surface area contributed by atoms with Crippen molar-refractivity contribution in [2.75, 3.05) is 13.7 Å². The zero-order chi connectivity index (χ0) is 15.8. The van der Waals surface area contributed by atoms with Gasteiger partial charge in [0.2, 0.25) is 10.0 Å². The summed E-state index contributed by atoms with van der Waals surface area (Å²) in [5, 5.41) is 0. The Morgan fingerprint density at radius 1 is 1.05 bits per heavy atom. The molecule has 0 aromatic heterocycles. The number of methoxy groups -OCH3 is 1. The highest BCUT2D eigenvalue weighted by Crippen LogP contribution is 2.15. The van der Waals surface area contributed by atoms with Gasteiger partial charge in [-0.05, 0) is 36.2 Å². The van der Waals surface area contributed by atoms with Crippen LogP contribution in [0.5, 0.6) is 5.75 Å². The fourth-order valence-electron chi connectivity index (χ4n) is 1.90. The first-order valence-electron chi connectivity index (χ1n) is 6.97. The number of nitrogens with one attached hydrogen (secondary N) is 1. The number of ether oxygens (including phenoxy) is 1. The maximum Gasteiger partial charge on any atom is 0.240 e. The van der Waals surface area contributed by atoms with Crippen LogP contribution in [0.3, 0.4) is 0 Å². The van der Waals surface area contributed by atoms with E-state index < -0.39 is 10.0 Å². The van der Waals surface area contributed by atoms with Crippen molar-refractivity contribution in [2.24, 2.45) is 0 Å². The summed E-state index contributed by atoms with van der Waals surface area (Å²) in [5.74, 6) is 0.629. The molecule has 2 aromatic carbocycles. The van der Waals surface area contributed by atoms with Crippen LogP contribution in [0.25, 0.3) is 6.08 Å². The van der Waals surface area contributed by atoms with Crippen molar-refractivity contribution in [1.82, 2.24) is 4.72 Å². The van der Waals surface area contributed by atoms with Crippen LogP contribution in [0.2, 0.25) is 0 Å². The van der Waals surface area contributed by atoms with Gasteiger partial charge in [-0.1, -0.05) is 42.5 Å². The molecule has 0 heterocycles. The predicted octanol–water partition coefficient (Wildman–Crippen LogP) is 3.08. The monoisotopic (exact) mass is 317 g/mol. The number of hydrogen-bond donors (Lipinski definition) is 1. The van der Waals surface area contributed by atoms with Gasteiger partial charge in [0.1, 0.15) is 5.75 Å². The molecule has 0 atom stereocenters. The third kappa shape index (κ3) is 4.72. The van der Waals surface area contributed by atoms with E-state index in [4.69, 9.17) is 4.74 Å². The maximum atomic E-state index is 12.1. The van der Waals surface area contributed by atoms with Gasteiger partial charge in [0.25, 0.3) is 0 Å². The topological polar surface area (TPSA) is 55.4 Å². The number of hydrogen-bond acceptors (Lipinski definition) is 3. The lowest BCUT2D eigenvalue weighted by Crippen LogP contribution is -2.24. The molecule has 0 spiro atoms. The summed E-state index contributed by atoms with van der Waals surface area (Å²) in [6.45, 7) is 0.359. The second-order valence-corrected chi connectivity index (χ2v) is 6.44. The molecule has 0 radical (unpaired) electrons. The van der Waals surface area contributed by atoms with Gasteiger partial charge < -0.3 is 4.74 Å². The molecule has 0 unspecified atom stereocenters. The Morgan fingerprint density at radius 2 is 1.73 bits per heavy atom. The summed E-state index contributed by atoms with van der Waals surface area (Å²) < 4.78 is 31.8. The lowest BCUT2D eigenvalue weighted by atomic mass is 10.2. The van der Waals surface area contributed by atoms with E-state index in [0.717, 1.165) is 5.56 Å². The van der Waals surface area contributed by atoms with E-state index in [1.807, 2.05) is 42.5 Å². The summed E-state index contributed by atoms with van der Waals surface area (Å²) in [5.41, 5.74) is 1.10. The van der Waals surface area contributed by atoms with E-state index in [0.29, 0.717) is 18.7 Å². The van der Waals surface area contributed by atoms with Crippen LogP contribution in [0, 0.1) is 0 Å². The van der Waals surface area contributed by atoms with Gasteiger partial charge in [-0.25, -0.2) is 13.1 Å². The Labute approximate surface area is 131 Å². The van der Waals surface area contributed by atoms with Gasteiger partial charge in [0.15, 0.2) is 0 Å². The highest BCUT2D eigenvalue weighted by molar-refractivity contribution is 7.89. The van der Waals surface area contributed by atoms with Crippen LogP contribution >= 0.6 is 0 Å². The first-order valence-corrected chi connectivity index (χ1v) is 8.45. The summed E-state index contributed by atoms with van der Waals surface area (Å²) in [4.78, 5) is 0.236. The maximum absolute atomic E-state index is 12.1. The molecular formula is C17H19NO3S. The van der Waals surface area contributed by atoms with Crippen molar-refractivity contribution in [3.8, 4) is 5.75 Å². The van der Waals surface area contributed by atoms with Crippen molar-refractivity contribution in [3.05, 3.63) is 66.2 Å². The number of sulfonamides is 1. The Balaban J connectivity index is 1.86. The molecule has 0 aliphatic carbocycles.